The van der Waals surface area contributed by atoms with E-state index in [0.29, 0.717) is 6.42 Å². The molecule has 0 bridgehead atoms. The van der Waals surface area contributed by atoms with Crippen LogP contribution in [0.4, 0.5) is 0 Å². The zero-order valence-electron chi connectivity index (χ0n) is 32.2. The van der Waals surface area contributed by atoms with Gasteiger partial charge in [0, 0.05) is 25.7 Å². The van der Waals surface area contributed by atoms with E-state index in [2.05, 4.69) is 6.58 Å². The molecule has 3 fully saturated rings. The van der Waals surface area contributed by atoms with Gasteiger partial charge < -0.3 is 72.9 Å². The average molecular weight is 845 g/mol. The highest BCUT2D eigenvalue weighted by atomic mass is 16.8. The van der Waals surface area contributed by atoms with Crippen molar-refractivity contribution < 1.29 is 96.9 Å². The minimum absolute atomic E-state index is 0.0562. The summed E-state index contributed by atoms with van der Waals surface area (Å²) in [7, 11) is 0. The van der Waals surface area contributed by atoms with Crippen molar-refractivity contribution in [2.75, 3.05) is 19.8 Å². The number of hydrogen-bond donors (Lipinski definition) is 5. The Kier molecular flexibility index (Phi) is 14.1. The lowest BCUT2D eigenvalue weighted by Crippen LogP contribution is -2.64. The Morgan fingerprint density at radius 1 is 0.817 bits per heavy atom. The smallest absolute Gasteiger partial charge is 0.342 e. The number of esters is 5. The molecule has 13 atom stereocenters. The monoisotopic (exact) mass is 844 g/mol. The van der Waals surface area contributed by atoms with Crippen LogP contribution in [0.1, 0.15) is 41.0 Å². The number of phenols is 1. The molecule has 0 saturated carbocycles. The number of hydrogen-bond acceptors (Lipinski definition) is 20. The zero-order chi connectivity index (χ0) is 43.2. The number of phenolic OH excluding ortho intramolecular Hbond substituents is 1. The molecular formula is C40H44O20. The molecule has 0 spiro atoms. The number of ether oxygens (including phenoxy) is 10. The fraction of sp³-hybridized carbons (Fsp3) is 0.475. The number of rotatable bonds is 13. The first-order chi connectivity index (χ1) is 28.7. The fourth-order valence-corrected chi connectivity index (χ4v) is 7.10. The number of aliphatic hydroxyl groups is 4. The van der Waals surface area contributed by atoms with E-state index in [9.17, 15) is 49.5 Å². The molecule has 0 amide bonds. The molecule has 20 nitrogen and oxygen atoms in total. The summed E-state index contributed by atoms with van der Waals surface area (Å²) in [5, 5.41) is 51.6. The summed E-state index contributed by atoms with van der Waals surface area (Å²) in [6.07, 6.45) is -15.2. The number of carbonyl (C=O) groups excluding carboxylic acids is 5. The van der Waals surface area contributed by atoms with E-state index in [1.165, 1.54) is 36.6 Å². The summed E-state index contributed by atoms with van der Waals surface area (Å²) < 4.78 is 57.1. The maximum absolute atomic E-state index is 14.0. The maximum Gasteiger partial charge on any atom is 0.342 e. The van der Waals surface area contributed by atoms with Crippen molar-refractivity contribution in [3.8, 4) is 11.5 Å². The van der Waals surface area contributed by atoms with Gasteiger partial charge >= 0.3 is 29.8 Å². The molecular weight excluding hydrogens is 800 g/mol. The molecule has 4 aliphatic heterocycles. The van der Waals surface area contributed by atoms with Crippen LogP contribution in [0.15, 0.2) is 73.0 Å². The Morgan fingerprint density at radius 3 is 2.22 bits per heavy atom. The second kappa shape index (κ2) is 19.2. The minimum atomic E-state index is -1.87. The molecule has 6 rings (SSSR count). The van der Waals surface area contributed by atoms with Crippen LogP contribution in [0.3, 0.4) is 0 Å². The van der Waals surface area contributed by atoms with Crippen LogP contribution in [0.2, 0.25) is 0 Å². The summed E-state index contributed by atoms with van der Waals surface area (Å²) in [5.74, 6) is -7.07. The number of para-hydroxylation sites is 1. The van der Waals surface area contributed by atoms with Gasteiger partial charge in [-0.05, 0) is 30.7 Å². The van der Waals surface area contributed by atoms with Crippen molar-refractivity contribution in [3.05, 3.63) is 84.1 Å². The van der Waals surface area contributed by atoms with E-state index >= 15 is 0 Å². The van der Waals surface area contributed by atoms with Gasteiger partial charge in [0.15, 0.2) is 29.8 Å². The van der Waals surface area contributed by atoms with Gasteiger partial charge in [0.1, 0.15) is 42.7 Å². The Balaban J connectivity index is 1.34. The Bertz CT molecular complexity index is 1930. The van der Waals surface area contributed by atoms with E-state index in [-0.39, 0.29) is 17.7 Å². The quantitative estimate of drug-likeness (QED) is 0.102. The van der Waals surface area contributed by atoms with Crippen LogP contribution in [0.5, 0.6) is 11.5 Å². The van der Waals surface area contributed by atoms with Crippen molar-refractivity contribution in [2.45, 2.75) is 88.0 Å². The standard InChI is InChI=1S/C40H44O20/c1-4-21-22-13-14-51-36(49)24(22)16-53-38(21)60-40-34(59-35(48)20-9-6-5-7-10-20)33(54-19(3)43)32(27(57-40)17-52-18(2)42)58-37(50)23-11-8-12-25(28(23)44)55-39-31(47)30(46)29(45)26(15-41)56-39/h4-12,16,21-22,26-27,29-34,38-41,44-47H,1,13-15,17H2,2-3H3. The largest absolute Gasteiger partial charge is 0.504 e. The Labute approximate surface area is 341 Å². The van der Waals surface area contributed by atoms with Gasteiger partial charge in [0.25, 0.3) is 0 Å². The highest BCUT2D eigenvalue weighted by molar-refractivity contribution is 5.93. The van der Waals surface area contributed by atoms with Crippen LogP contribution in [-0.4, -0.2) is 143 Å². The molecule has 60 heavy (non-hydrogen) atoms. The highest BCUT2D eigenvalue weighted by Gasteiger charge is 2.55. The summed E-state index contributed by atoms with van der Waals surface area (Å²) >= 11 is 0. The predicted molar refractivity (Wildman–Crippen MR) is 195 cm³/mol. The second-order valence-corrected chi connectivity index (χ2v) is 14.1. The summed E-state index contributed by atoms with van der Waals surface area (Å²) in [4.78, 5) is 65.0. The first kappa shape index (κ1) is 44.0. The SMILES string of the molecule is C=CC1C(OC2OC(COC(C)=O)C(OC(=O)c3cccc(OC4OC(CO)C(O)C(O)C4O)c3O)C(OC(C)=O)C2OC(=O)c2ccccc2)OC=C2C(=O)OCCC21. The van der Waals surface area contributed by atoms with E-state index < -0.39 is 140 Å². The lowest BCUT2D eigenvalue weighted by molar-refractivity contribution is -0.338. The van der Waals surface area contributed by atoms with Gasteiger partial charge in [-0.25, -0.2) is 14.4 Å². The molecule has 13 unspecified atom stereocenters. The van der Waals surface area contributed by atoms with Crippen LogP contribution in [0.25, 0.3) is 0 Å². The summed E-state index contributed by atoms with van der Waals surface area (Å²) in [5.41, 5.74) is -0.272. The number of fused-ring (bicyclic) bond motifs is 1. The minimum Gasteiger partial charge on any atom is -0.504 e. The van der Waals surface area contributed by atoms with Crippen LogP contribution in [-0.2, 0) is 57.0 Å². The predicted octanol–water partition coefficient (Wildman–Crippen LogP) is 0.164. The first-order valence-electron chi connectivity index (χ1n) is 18.7. The van der Waals surface area contributed by atoms with Crippen LogP contribution >= 0.6 is 0 Å². The van der Waals surface area contributed by atoms with Gasteiger partial charge in [-0.1, -0.05) is 30.3 Å². The van der Waals surface area contributed by atoms with Crippen molar-refractivity contribution >= 4 is 29.8 Å². The van der Waals surface area contributed by atoms with Gasteiger partial charge in [-0.15, -0.1) is 6.58 Å². The molecule has 0 aliphatic carbocycles. The van der Waals surface area contributed by atoms with E-state index in [0.717, 1.165) is 19.9 Å². The summed E-state index contributed by atoms with van der Waals surface area (Å²) in [6.45, 7) is 4.69. The zero-order valence-corrected chi connectivity index (χ0v) is 32.2. The summed E-state index contributed by atoms with van der Waals surface area (Å²) in [6, 6.07) is 11.2. The van der Waals surface area contributed by atoms with Gasteiger partial charge in [0.05, 0.1) is 30.6 Å². The Hall–Kier alpha value is -5.61. The van der Waals surface area contributed by atoms with Gasteiger partial charge in [-0.3, -0.25) is 9.59 Å². The van der Waals surface area contributed by atoms with Gasteiger partial charge in [-0.2, -0.15) is 0 Å². The van der Waals surface area contributed by atoms with E-state index in [4.69, 9.17) is 47.4 Å². The molecule has 3 saturated heterocycles. The molecule has 0 aromatic heterocycles. The van der Waals surface area contributed by atoms with Crippen LogP contribution in [0, 0.1) is 11.8 Å². The molecule has 0 radical (unpaired) electrons. The molecule has 2 aromatic carbocycles. The van der Waals surface area contributed by atoms with Crippen molar-refractivity contribution in [1.82, 2.24) is 0 Å². The number of carbonyl (C=O) groups is 5. The maximum atomic E-state index is 14.0. The molecule has 4 heterocycles. The van der Waals surface area contributed by atoms with Crippen LogP contribution < -0.4 is 4.74 Å². The molecule has 4 aliphatic rings. The lowest BCUT2D eigenvalue weighted by Gasteiger charge is -2.46. The highest BCUT2D eigenvalue weighted by Crippen LogP contribution is 2.40. The van der Waals surface area contributed by atoms with Crippen molar-refractivity contribution in [3.63, 3.8) is 0 Å². The molecule has 20 heteroatoms. The normalized spacial score (nSPS) is 32.4. The molecule has 324 valence electrons. The third kappa shape index (κ3) is 9.55. The fourth-order valence-electron chi connectivity index (χ4n) is 7.10. The number of benzene rings is 2. The second-order valence-electron chi connectivity index (χ2n) is 14.1. The van der Waals surface area contributed by atoms with Gasteiger partial charge in [0.2, 0.25) is 18.9 Å². The number of aliphatic hydroxyl groups excluding tert-OH is 4. The van der Waals surface area contributed by atoms with E-state index in [1.807, 2.05) is 0 Å². The van der Waals surface area contributed by atoms with Crippen molar-refractivity contribution in [1.29, 1.82) is 0 Å². The third-order valence-corrected chi connectivity index (χ3v) is 10.1. The Morgan fingerprint density at radius 2 is 1.53 bits per heavy atom. The molecule has 5 N–H and O–H groups in total. The van der Waals surface area contributed by atoms with Crippen molar-refractivity contribution in [2.24, 2.45) is 11.8 Å². The lowest BCUT2D eigenvalue weighted by atomic mass is 9.81. The number of cyclic esters (lactones) is 1. The third-order valence-electron chi connectivity index (χ3n) is 10.1. The van der Waals surface area contributed by atoms with E-state index in [1.54, 1.807) is 18.2 Å². The topological polar surface area (TPSA) is 279 Å². The first-order valence-corrected chi connectivity index (χ1v) is 18.7. The average Bonchev–Trinajstić information content (AvgIpc) is 3.23. The molecule has 2 aromatic rings. The number of aromatic hydroxyl groups is 1.